The van der Waals surface area contributed by atoms with Gasteiger partial charge in [0.15, 0.2) is 0 Å². The number of anilines is 1. The summed E-state index contributed by atoms with van der Waals surface area (Å²) in [6.45, 7) is 0.868. The second-order valence-corrected chi connectivity index (χ2v) is 6.83. The molecule has 0 bridgehead atoms. The molecule has 0 amide bonds. The summed E-state index contributed by atoms with van der Waals surface area (Å²) in [6.07, 6.45) is 0.800. The minimum absolute atomic E-state index is 0.0288. The topological polar surface area (TPSA) is 41.6 Å². The number of nitrogen functional groups attached to an aromatic ring is 1. The number of benzene rings is 3. The average molecular weight is 341 g/mol. The maximum absolute atomic E-state index is 5.83. The minimum Gasteiger partial charge on any atom is -0.399 e. The lowest BCUT2D eigenvalue weighted by Gasteiger charge is -2.20. The summed E-state index contributed by atoms with van der Waals surface area (Å²) in [6, 6.07) is 27.3. The smallest absolute Gasteiger partial charge is 0.105 e. The van der Waals surface area contributed by atoms with Crippen molar-refractivity contribution >= 4 is 11.5 Å². The van der Waals surface area contributed by atoms with Gasteiger partial charge in [-0.3, -0.25) is 4.99 Å². The third-order valence-corrected chi connectivity index (χ3v) is 4.93. The van der Waals surface area contributed by atoms with Crippen LogP contribution in [0.3, 0.4) is 0 Å². The molecule has 130 valence electrons. The number of fused-ring (bicyclic) bond motifs is 1. The number of amidine groups is 1. The normalized spacial score (nSPS) is 16.6. The van der Waals surface area contributed by atoms with Gasteiger partial charge in [-0.15, -0.1) is 0 Å². The van der Waals surface area contributed by atoms with Crippen molar-refractivity contribution < 1.29 is 0 Å². The van der Waals surface area contributed by atoms with E-state index >= 15 is 0 Å². The molecule has 0 fully saturated rings. The fourth-order valence-corrected chi connectivity index (χ4v) is 3.50. The van der Waals surface area contributed by atoms with Gasteiger partial charge in [0.2, 0.25) is 0 Å². The minimum atomic E-state index is 0.0288. The van der Waals surface area contributed by atoms with E-state index in [-0.39, 0.29) is 6.04 Å². The Morgan fingerprint density at radius 3 is 2.38 bits per heavy atom. The second-order valence-electron chi connectivity index (χ2n) is 6.83. The lowest BCUT2D eigenvalue weighted by Crippen LogP contribution is -2.27. The number of rotatable bonds is 3. The fraction of sp³-hybridized carbons (Fsp3) is 0.174. The van der Waals surface area contributed by atoms with Gasteiger partial charge in [0.25, 0.3) is 0 Å². The molecule has 1 heterocycles. The summed E-state index contributed by atoms with van der Waals surface area (Å²) in [5.41, 5.74) is 11.7. The molecule has 0 aromatic heterocycles. The standard InChI is InChI=1S/C23H23N3/c1-26-16-19-9-5-6-10-21(19)23(18-7-3-2-4-8-18)25-22(26)15-17-11-13-20(24)14-12-17/h2-14,23H,15-16,24H2,1H3. The van der Waals surface area contributed by atoms with Crippen molar-refractivity contribution in [2.45, 2.75) is 19.0 Å². The van der Waals surface area contributed by atoms with Crippen molar-refractivity contribution in [1.82, 2.24) is 4.90 Å². The molecule has 1 unspecified atom stereocenters. The molecule has 0 radical (unpaired) electrons. The molecule has 3 heteroatoms. The Morgan fingerprint density at radius 2 is 1.62 bits per heavy atom. The SMILES string of the molecule is CN1Cc2ccccc2C(c2ccccc2)N=C1Cc1ccc(N)cc1. The molecular formula is C23H23N3. The van der Waals surface area contributed by atoms with E-state index in [4.69, 9.17) is 10.7 Å². The molecule has 1 atom stereocenters. The first kappa shape index (κ1) is 16.4. The molecule has 1 aliphatic heterocycles. The van der Waals surface area contributed by atoms with Crippen LogP contribution in [0.4, 0.5) is 5.69 Å². The van der Waals surface area contributed by atoms with Gasteiger partial charge < -0.3 is 10.6 Å². The van der Waals surface area contributed by atoms with E-state index in [9.17, 15) is 0 Å². The zero-order valence-electron chi connectivity index (χ0n) is 15.0. The van der Waals surface area contributed by atoms with Crippen molar-refractivity contribution in [1.29, 1.82) is 0 Å². The van der Waals surface area contributed by atoms with Gasteiger partial charge in [-0.1, -0.05) is 66.7 Å². The van der Waals surface area contributed by atoms with E-state index in [1.165, 1.54) is 22.3 Å². The van der Waals surface area contributed by atoms with Gasteiger partial charge in [-0.05, 0) is 34.4 Å². The number of hydrogen-bond donors (Lipinski definition) is 1. The molecule has 0 aliphatic carbocycles. The highest BCUT2D eigenvalue weighted by Gasteiger charge is 2.23. The van der Waals surface area contributed by atoms with E-state index in [0.29, 0.717) is 0 Å². The van der Waals surface area contributed by atoms with Crippen molar-refractivity contribution in [2.75, 3.05) is 12.8 Å². The van der Waals surface area contributed by atoms with E-state index in [1.807, 2.05) is 12.1 Å². The number of aliphatic imine (C=N–C) groups is 1. The Morgan fingerprint density at radius 1 is 0.923 bits per heavy atom. The van der Waals surface area contributed by atoms with Crippen LogP contribution in [0.2, 0.25) is 0 Å². The van der Waals surface area contributed by atoms with Crippen LogP contribution in [0.1, 0.15) is 28.3 Å². The number of likely N-dealkylation sites (N-methyl/N-ethyl adjacent to an activating group) is 1. The van der Waals surface area contributed by atoms with Gasteiger partial charge in [0.05, 0.1) is 0 Å². The monoisotopic (exact) mass is 341 g/mol. The van der Waals surface area contributed by atoms with Crippen LogP contribution in [0, 0.1) is 0 Å². The molecule has 0 saturated carbocycles. The Balaban J connectivity index is 1.76. The molecule has 4 rings (SSSR count). The van der Waals surface area contributed by atoms with E-state index < -0.39 is 0 Å². The van der Waals surface area contributed by atoms with Crippen molar-refractivity contribution in [3.63, 3.8) is 0 Å². The Labute approximate surface area is 154 Å². The summed E-state index contributed by atoms with van der Waals surface area (Å²) < 4.78 is 0. The predicted octanol–water partition coefficient (Wildman–Crippen LogP) is 4.44. The molecule has 2 N–H and O–H groups in total. The van der Waals surface area contributed by atoms with Gasteiger partial charge >= 0.3 is 0 Å². The van der Waals surface area contributed by atoms with Crippen LogP contribution in [-0.2, 0) is 13.0 Å². The van der Waals surface area contributed by atoms with E-state index in [0.717, 1.165) is 24.5 Å². The van der Waals surface area contributed by atoms with Crippen LogP contribution in [0.25, 0.3) is 0 Å². The first-order chi connectivity index (χ1) is 12.7. The summed E-state index contributed by atoms with van der Waals surface area (Å²) in [4.78, 5) is 7.46. The molecule has 1 aliphatic rings. The highest BCUT2D eigenvalue weighted by molar-refractivity contribution is 5.85. The first-order valence-electron chi connectivity index (χ1n) is 8.95. The van der Waals surface area contributed by atoms with E-state index in [2.05, 4.69) is 78.7 Å². The third kappa shape index (κ3) is 3.33. The summed E-state index contributed by atoms with van der Waals surface area (Å²) in [5, 5.41) is 0. The molecule has 0 spiro atoms. The fourth-order valence-electron chi connectivity index (χ4n) is 3.50. The highest BCUT2D eigenvalue weighted by atomic mass is 15.2. The second kappa shape index (κ2) is 7.04. The molecule has 0 saturated heterocycles. The highest BCUT2D eigenvalue weighted by Crippen LogP contribution is 2.32. The number of hydrogen-bond acceptors (Lipinski definition) is 3. The lowest BCUT2D eigenvalue weighted by atomic mass is 9.95. The van der Waals surface area contributed by atoms with Gasteiger partial charge in [-0.2, -0.15) is 0 Å². The van der Waals surface area contributed by atoms with Crippen LogP contribution in [0.15, 0.2) is 83.9 Å². The Hall–Kier alpha value is -3.07. The van der Waals surface area contributed by atoms with Gasteiger partial charge in [-0.25, -0.2) is 0 Å². The molecule has 3 aromatic carbocycles. The van der Waals surface area contributed by atoms with Crippen LogP contribution >= 0.6 is 0 Å². The summed E-state index contributed by atoms with van der Waals surface area (Å²) >= 11 is 0. The lowest BCUT2D eigenvalue weighted by molar-refractivity contribution is 0.494. The van der Waals surface area contributed by atoms with E-state index in [1.54, 1.807) is 0 Å². The van der Waals surface area contributed by atoms with Gasteiger partial charge in [0.1, 0.15) is 11.9 Å². The zero-order chi connectivity index (χ0) is 17.9. The number of nitrogens with two attached hydrogens (primary N) is 1. The van der Waals surface area contributed by atoms with Crippen LogP contribution < -0.4 is 5.73 Å². The van der Waals surface area contributed by atoms with Crippen molar-refractivity contribution in [2.24, 2.45) is 4.99 Å². The average Bonchev–Trinajstić information content (AvgIpc) is 2.81. The summed E-state index contributed by atoms with van der Waals surface area (Å²) in [5.74, 6) is 1.10. The summed E-state index contributed by atoms with van der Waals surface area (Å²) in [7, 11) is 2.13. The van der Waals surface area contributed by atoms with Crippen molar-refractivity contribution in [3.8, 4) is 0 Å². The quantitative estimate of drug-likeness (QED) is 0.715. The molecular weight excluding hydrogens is 318 g/mol. The molecule has 26 heavy (non-hydrogen) atoms. The zero-order valence-corrected chi connectivity index (χ0v) is 15.0. The first-order valence-corrected chi connectivity index (χ1v) is 8.95. The van der Waals surface area contributed by atoms with Crippen LogP contribution in [0.5, 0.6) is 0 Å². The Bertz CT molecular complexity index is 914. The number of nitrogens with zero attached hydrogens (tertiary/aromatic N) is 2. The molecule has 3 nitrogen and oxygen atoms in total. The van der Waals surface area contributed by atoms with Gasteiger partial charge in [0, 0.05) is 25.7 Å². The largest absolute Gasteiger partial charge is 0.399 e. The van der Waals surface area contributed by atoms with Crippen molar-refractivity contribution in [3.05, 3.63) is 101 Å². The maximum Gasteiger partial charge on any atom is 0.105 e. The molecule has 3 aromatic rings. The predicted molar refractivity (Wildman–Crippen MR) is 108 cm³/mol. The van der Waals surface area contributed by atoms with Crippen LogP contribution in [-0.4, -0.2) is 17.8 Å². The Kier molecular flexibility index (Phi) is 4.44. The maximum atomic E-state index is 5.83. The third-order valence-electron chi connectivity index (χ3n) is 4.93.